The summed E-state index contributed by atoms with van der Waals surface area (Å²) in [6.45, 7) is 0.0142. The lowest BCUT2D eigenvalue weighted by Gasteiger charge is -2.21. The van der Waals surface area contributed by atoms with Gasteiger partial charge in [-0.2, -0.15) is 0 Å². The van der Waals surface area contributed by atoms with Gasteiger partial charge in [-0.1, -0.05) is 54.5 Å². The standard InChI is InChI=1S/C26H26N2O6/c1-2-11-28(14-24(29)30)25(31)17-12-18(33-15-17)13-27-26(32)34-16-23-21-9-5-3-7-19(21)20-8-4-6-10-22(20)23/h1,3-10,17-18,23H,11-16H2,(H,27,32)(H,29,30). The Morgan fingerprint density at radius 3 is 2.38 bits per heavy atom. The van der Waals surface area contributed by atoms with Gasteiger partial charge >= 0.3 is 12.1 Å². The molecule has 4 rings (SSSR count). The molecule has 2 N–H and O–H groups in total. The normalized spacial score (nSPS) is 18.4. The van der Waals surface area contributed by atoms with E-state index in [-0.39, 0.29) is 44.2 Å². The Bertz CT molecular complexity index is 1080. The second-order valence-corrected chi connectivity index (χ2v) is 8.39. The van der Waals surface area contributed by atoms with Crippen LogP contribution in [0.5, 0.6) is 0 Å². The highest BCUT2D eigenvalue weighted by Crippen LogP contribution is 2.44. The predicted molar refractivity (Wildman–Crippen MR) is 124 cm³/mol. The second kappa shape index (κ2) is 10.4. The SMILES string of the molecule is C#CCN(CC(=O)O)C(=O)C1COC(CNC(=O)OCC2c3ccccc3-c3ccccc32)C1. The lowest BCUT2D eigenvalue weighted by molar-refractivity contribution is -0.145. The average Bonchev–Trinajstić information content (AvgIpc) is 3.43. The molecular weight excluding hydrogens is 436 g/mol. The van der Waals surface area contributed by atoms with E-state index in [0.29, 0.717) is 6.42 Å². The molecule has 1 saturated heterocycles. The van der Waals surface area contributed by atoms with Gasteiger partial charge in [-0.3, -0.25) is 9.59 Å². The first kappa shape index (κ1) is 23.3. The third kappa shape index (κ3) is 5.05. The van der Waals surface area contributed by atoms with E-state index in [1.165, 1.54) is 0 Å². The van der Waals surface area contributed by atoms with Gasteiger partial charge in [0, 0.05) is 12.5 Å². The van der Waals surface area contributed by atoms with Crippen LogP contribution in [-0.2, 0) is 19.1 Å². The fourth-order valence-electron chi connectivity index (χ4n) is 4.61. The molecule has 1 aliphatic carbocycles. The Kier molecular flexibility index (Phi) is 7.14. The van der Waals surface area contributed by atoms with Crippen molar-refractivity contribution in [1.82, 2.24) is 10.2 Å². The van der Waals surface area contributed by atoms with Gasteiger partial charge in [0.15, 0.2) is 0 Å². The van der Waals surface area contributed by atoms with Crippen LogP contribution >= 0.6 is 0 Å². The summed E-state index contributed by atoms with van der Waals surface area (Å²) < 4.78 is 11.1. The maximum absolute atomic E-state index is 12.6. The van der Waals surface area contributed by atoms with Crippen molar-refractivity contribution in [2.45, 2.75) is 18.4 Å². The van der Waals surface area contributed by atoms with Gasteiger partial charge < -0.3 is 24.8 Å². The third-order valence-electron chi connectivity index (χ3n) is 6.17. The number of nitrogens with zero attached hydrogens (tertiary/aromatic N) is 1. The van der Waals surface area contributed by atoms with E-state index in [1.54, 1.807) is 0 Å². The Labute approximate surface area is 197 Å². The van der Waals surface area contributed by atoms with Crippen LogP contribution in [0.25, 0.3) is 11.1 Å². The first-order valence-electron chi connectivity index (χ1n) is 11.1. The van der Waals surface area contributed by atoms with E-state index in [9.17, 15) is 14.4 Å². The molecule has 8 nitrogen and oxygen atoms in total. The van der Waals surface area contributed by atoms with Gasteiger partial charge in [0.05, 0.1) is 25.2 Å². The summed E-state index contributed by atoms with van der Waals surface area (Å²) in [5.41, 5.74) is 4.58. The van der Waals surface area contributed by atoms with Crippen molar-refractivity contribution in [2.24, 2.45) is 5.92 Å². The quantitative estimate of drug-likeness (QED) is 0.584. The van der Waals surface area contributed by atoms with E-state index in [2.05, 4.69) is 35.5 Å². The molecule has 176 valence electrons. The molecule has 1 heterocycles. The minimum absolute atomic E-state index is 0.0285. The molecule has 0 radical (unpaired) electrons. The van der Waals surface area contributed by atoms with Crippen molar-refractivity contribution < 1.29 is 29.0 Å². The summed E-state index contributed by atoms with van der Waals surface area (Å²) in [5.74, 6) is 0.293. The van der Waals surface area contributed by atoms with E-state index in [0.717, 1.165) is 27.2 Å². The van der Waals surface area contributed by atoms with Crippen molar-refractivity contribution in [3.8, 4) is 23.5 Å². The van der Waals surface area contributed by atoms with Crippen LogP contribution in [0.4, 0.5) is 4.79 Å². The highest BCUT2D eigenvalue weighted by Gasteiger charge is 2.34. The third-order valence-corrected chi connectivity index (χ3v) is 6.17. The summed E-state index contributed by atoms with van der Waals surface area (Å²) in [7, 11) is 0. The van der Waals surface area contributed by atoms with E-state index in [1.807, 2.05) is 24.3 Å². The molecule has 2 aromatic rings. The maximum Gasteiger partial charge on any atom is 0.407 e. The molecule has 0 saturated carbocycles. The number of ether oxygens (including phenoxy) is 2. The van der Waals surface area contributed by atoms with Gasteiger partial charge in [0.25, 0.3) is 0 Å². The van der Waals surface area contributed by atoms with E-state index >= 15 is 0 Å². The van der Waals surface area contributed by atoms with Gasteiger partial charge in [-0.05, 0) is 28.7 Å². The molecule has 34 heavy (non-hydrogen) atoms. The van der Waals surface area contributed by atoms with Crippen LogP contribution in [0.1, 0.15) is 23.5 Å². The number of fused-ring (bicyclic) bond motifs is 3. The smallest absolute Gasteiger partial charge is 0.407 e. The van der Waals surface area contributed by atoms with Gasteiger partial charge in [0.2, 0.25) is 5.91 Å². The molecule has 2 unspecified atom stereocenters. The van der Waals surface area contributed by atoms with Crippen LogP contribution in [0.15, 0.2) is 48.5 Å². The van der Waals surface area contributed by atoms with Crippen LogP contribution in [0, 0.1) is 18.3 Å². The number of carbonyl (C=O) groups is 3. The number of alkyl carbamates (subject to hydrolysis) is 1. The first-order chi connectivity index (χ1) is 16.5. The largest absolute Gasteiger partial charge is 0.480 e. The fourth-order valence-corrected chi connectivity index (χ4v) is 4.61. The number of hydrogen-bond acceptors (Lipinski definition) is 5. The lowest BCUT2D eigenvalue weighted by atomic mass is 9.98. The van der Waals surface area contributed by atoms with Gasteiger partial charge in [0.1, 0.15) is 13.2 Å². The minimum atomic E-state index is -1.13. The monoisotopic (exact) mass is 462 g/mol. The Morgan fingerprint density at radius 2 is 1.76 bits per heavy atom. The van der Waals surface area contributed by atoms with E-state index in [4.69, 9.17) is 21.0 Å². The molecule has 2 aliphatic rings. The Balaban J connectivity index is 1.27. The molecule has 2 amide bonds. The molecule has 2 atom stereocenters. The second-order valence-electron chi connectivity index (χ2n) is 8.39. The molecule has 0 aromatic heterocycles. The predicted octanol–water partition coefficient (Wildman–Crippen LogP) is 2.48. The maximum atomic E-state index is 12.6. The number of nitrogens with one attached hydrogen (secondary N) is 1. The number of benzene rings is 2. The molecule has 1 aliphatic heterocycles. The summed E-state index contributed by atoms with van der Waals surface area (Å²) in [6, 6.07) is 16.2. The summed E-state index contributed by atoms with van der Waals surface area (Å²) >= 11 is 0. The lowest BCUT2D eigenvalue weighted by Crippen LogP contribution is -2.40. The molecule has 8 heteroatoms. The number of hydrogen-bond donors (Lipinski definition) is 2. The summed E-state index contributed by atoms with van der Waals surface area (Å²) in [4.78, 5) is 37.0. The average molecular weight is 463 g/mol. The highest BCUT2D eigenvalue weighted by atomic mass is 16.5. The molecule has 2 aromatic carbocycles. The van der Waals surface area contributed by atoms with Crippen LogP contribution in [-0.4, -0.2) is 66.9 Å². The van der Waals surface area contributed by atoms with Crippen molar-refractivity contribution >= 4 is 18.0 Å². The number of aliphatic carboxylic acids is 1. The van der Waals surface area contributed by atoms with Crippen LogP contribution in [0.2, 0.25) is 0 Å². The molecule has 1 fully saturated rings. The Hall–Kier alpha value is -3.83. The minimum Gasteiger partial charge on any atom is -0.480 e. The number of rotatable bonds is 8. The zero-order chi connectivity index (χ0) is 24.1. The van der Waals surface area contributed by atoms with Gasteiger partial charge in [-0.15, -0.1) is 6.42 Å². The zero-order valence-corrected chi connectivity index (χ0v) is 18.6. The van der Waals surface area contributed by atoms with Crippen molar-refractivity contribution in [1.29, 1.82) is 0 Å². The van der Waals surface area contributed by atoms with Crippen LogP contribution < -0.4 is 5.32 Å². The van der Waals surface area contributed by atoms with Crippen molar-refractivity contribution in [3.63, 3.8) is 0 Å². The fraction of sp³-hybridized carbons (Fsp3) is 0.346. The molecule has 0 bridgehead atoms. The number of carboxylic acid groups (broad SMARTS) is 1. The summed E-state index contributed by atoms with van der Waals surface area (Å²) in [5, 5.41) is 11.7. The zero-order valence-electron chi connectivity index (χ0n) is 18.6. The van der Waals surface area contributed by atoms with E-state index < -0.39 is 24.5 Å². The summed E-state index contributed by atoms with van der Waals surface area (Å²) in [6.07, 6.45) is 4.69. The van der Waals surface area contributed by atoms with Crippen molar-refractivity contribution in [3.05, 3.63) is 59.7 Å². The highest BCUT2D eigenvalue weighted by molar-refractivity contribution is 5.83. The van der Waals surface area contributed by atoms with Gasteiger partial charge in [-0.25, -0.2) is 4.79 Å². The van der Waals surface area contributed by atoms with Crippen molar-refractivity contribution in [2.75, 3.05) is 32.8 Å². The number of carboxylic acids is 1. The number of terminal acetylenes is 1. The first-order valence-corrected chi connectivity index (χ1v) is 11.1. The Morgan fingerprint density at radius 1 is 1.12 bits per heavy atom. The topological polar surface area (TPSA) is 105 Å². The number of carbonyl (C=O) groups excluding carboxylic acids is 2. The number of amides is 2. The van der Waals surface area contributed by atoms with Crippen LogP contribution in [0.3, 0.4) is 0 Å². The molecule has 0 spiro atoms. The molecular formula is C26H26N2O6.